The number of carbonyl (C=O) groups is 2. The topological polar surface area (TPSA) is 121 Å². The molecule has 33 heavy (non-hydrogen) atoms. The summed E-state index contributed by atoms with van der Waals surface area (Å²) in [4.78, 5) is 56.1. The number of nitrogens with one attached hydrogen (secondary N) is 1. The summed E-state index contributed by atoms with van der Waals surface area (Å²) in [5, 5.41) is 0. The van der Waals surface area contributed by atoms with Crippen LogP contribution in [0.3, 0.4) is 0 Å². The first-order chi connectivity index (χ1) is 15.7. The molecule has 0 fully saturated rings. The van der Waals surface area contributed by atoms with E-state index in [0.717, 1.165) is 12.0 Å². The van der Waals surface area contributed by atoms with Crippen LogP contribution >= 0.6 is 0 Å². The molecule has 3 N–H and O–H groups in total. The molecule has 3 rings (SSSR count). The molecule has 0 saturated carbocycles. The summed E-state index contributed by atoms with van der Waals surface area (Å²) >= 11 is 0. The van der Waals surface area contributed by atoms with E-state index < -0.39 is 11.2 Å². The largest absolute Gasteiger partial charge is 0.383 e. The third-order valence-electron chi connectivity index (χ3n) is 5.66. The summed E-state index contributed by atoms with van der Waals surface area (Å²) in [6, 6.07) is 7.17. The van der Waals surface area contributed by atoms with E-state index in [9.17, 15) is 19.2 Å². The third kappa shape index (κ3) is 4.76. The lowest BCUT2D eigenvalue weighted by Crippen LogP contribution is -2.43. The molecule has 0 saturated heterocycles. The standard InChI is InChI=1S/C24H31N5O4/c1-5-6-12-28-21(25)20(22(31)26-24(28)33)29(14-15(2)3)19(30)11-13-27-16(4)17-9-7-8-10-18(17)23(27)32/h7-10,15H,4-6,11-14,25H2,1-3H3,(H,26,31,33). The Morgan fingerprint density at radius 2 is 1.82 bits per heavy atom. The van der Waals surface area contributed by atoms with Gasteiger partial charge in [0.25, 0.3) is 11.5 Å². The Balaban J connectivity index is 1.88. The second-order valence-electron chi connectivity index (χ2n) is 8.60. The number of carbonyl (C=O) groups excluding carboxylic acids is 2. The van der Waals surface area contributed by atoms with E-state index in [1.165, 1.54) is 14.4 Å². The Hall–Kier alpha value is -3.62. The van der Waals surface area contributed by atoms with Crippen molar-refractivity contribution in [1.82, 2.24) is 14.5 Å². The number of hydrogen-bond acceptors (Lipinski definition) is 5. The van der Waals surface area contributed by atoms with E-state index in [0.29, 0.717) is 24.2 Å². The zero-order chi connectivity index (χ0) is 24.3. The van der Waals surface area contributed by atoms with Gasteiger partial charge in [0, 0.05) is 42.9 Å². The summed E-state index contributed by atoms with van der Waals surface area (Å²) in [7, 11) is 0. The first-order valence-electron chi connectivity index (χ1n) is 11.2. The highest BCUT2D eigenvalue weighted by Crippen LogP contribution is 2.31. The maximum atomic E-state index is 13.3. The van der Waals surface area contributed by atoms with Crippen LogP contribution in [0.1, 0.15) is 56.0 Å². The maximum Gasteiger partial charge on any atom is 0.330 e. The van der Waals surface area contributed by atoms with Gasteiger partial charge in [0.15, 0.2) is 5.69 Å². The van der Waals surface area contributed by atoms with Gasteiger partial charge in [-0.15, -0.1) is 0 Å². The van der Waals surface area contributed by atoms with Gasteiger partial charge < -0.3 is 15.5 Å². The quantitative estimate of drug-likeness (QED) is 0.604. The van der Waals surface area contributed by atoms with E-state index in [4.69, 9.17) is 5.73 Å². The number of nitrogens with two attached hydrogens (primary N) is 1. The predicted molar refractivity (Wildman–Crippen MR) is 129 cm³/mol. The van der Waals surface area contributed by atoms with Crippen molar-refractivity contribution in [2.45, 2.75) is 46.6 Å². The summed E-state index contributed by atoms with van der Waals surface area (Å²) in [6.45, 7) is 10.5. The molecule has 1 aliphatic rings. The Bertz CT molecular complexity index is 1160. The number of anilines is 2. The van der Waals surface area contributed by atoms with Gasteiger partial charge in [-0.25, -0.2) is 4.79 Å². The maximum absolute atomic E-state index is 13.3. The second-order valence-corrected chi connectivity index (χ2v) is 8.60. The van der Waals surface area contributed by atoms with E-state index >= 15 is 0 Å². The second kappa shape index (κ2) is 9.89. The van der Waals surface area contributed by atoms with Crippen LogP contribution in [0.15, 0.2) is 40.4 Å². The van der Waals surface area contributed by atoms with Gasteiger partial charge >= 0.3 is 5.69 Å². The number of aromatic amines is 1. The number of hydrogen-bond donors (Lipinski definition) is 2. The van der Waals surface area contributed by atoms with Gasteiger partial charge in [0.1, 0.15) is 5.82 Å². The molecule has 2 heterocycles. The Morgan fingerprint density at radius 1 is 1.15 bits per heavy atom. The van der Waals surface area contributed by atoms with Crippen molar-refractivity contribution in [2.75, 3.05) is 23.7 Å². The zero-order valence-electron chi connectivity index (χ0n) is 19.4. The Morgan fingerprint density at radius 3 is 2.42 bits per heavy atom. The predicted octanol–water partition coefficient (Wildman–Crippen LogP) is 2.42. The highest BCUT2D eigenvalue weighted by Gasteiger charge is 2.32. The molecule has 9 nitrogen and oxygen atoms in total. The number of nitrogen functional groups attached to an aromatic ring is 1. The molecule has 176 valence electrons. The molecule has 0 bridgehead atoms. The van der Waals surface area contributed by atoms with E-state index in [1.54, 1.807) is 12.1 Å². The minimum atomic E-state index is -0.701. The number of H-pyrrole nitrogens is 1. The Kier molecular flexibility index (Phi) is 7.20. The Labute approximate surface area is 192 Å². The number of amides is 2. The van der Waals surface area contributed by atoms with Crippen molar-refractivity contribution in [3.63, 3.8) is 0 Å². The van der Waals surface area contributed by atoms with Crippen molar-refractivity contribution in [2.24, 2.45) is 5.92 Å². The highest BCUT2D eigenvalue weighted by atomic mass is 16.2. The van der Waals surface area contributed by atoms with Crippen LogP contribution in [0.25, 0.3) is 5.70 Å². The first-order valence-corrected chi connectivity index (χ1v) is 11.2. The van der Waals surface area contributed by atoms with Crippen LogP contribution in [-0.2, 0) is 11.3 Å². The molecular formula is C24H31N5O4. The molecule has 2 amide bonds. The van der Waals surface area contributed by atoms with Crippen LogP contribution in [0.4, 0.5) is 11.5 Å². The molecule has 1 aliphatic heterocycles. The molecule has 9 heteroatoms. The molecule has 0 aliphatic carbocycles. The number of rotatable bonds is 9. The fourth-order valence-electron chi connectivity index (χ4n) is 3.97. The lowest BCUT2D eigenvalue weighted by atomic mass is 10.1. The number of benzene rings is 1. The zero-order valence-corrected chi connectivity index (χ0v) is 19.4. The van der Waals surface area contributed by atoms with Crippen LogP contribution in [0.2, 0.25) is 0 Å². The minimum absolute atomic E-state index is 0.0275. The summed E-state index contributed by atoms with van der Waals surface area (Å²) in [5.74, 6) is -0.556. The summed E-state index contributed by atoms with van der Waals surface area (Å²) in [6.07, 6.45) is 1.51. The van der Waals surface area contributed by atoms with Crippen molar-refractivity contribution < 1.29 is 9.59 Å². The van der Waals surface area contributed by atoms with E-state index in [1.807, 2.05) is 32.9 Å². The average Bonchev–Trinajstić information content (AvgIpc) is 3.01. The van der Waals surface area contributed by atoms with Crippen LogP contribution in [0.5, 0.6) is 0 Å². The highest BCUT2D eigenvalue weighted by molar-refractivity contribution is 6.09. The van der Waals surface area contributed by atoms with Crippen LogP contribution in [0, 0.1) is 5.92 Å². The number of unbranched alkanes of at least 4 members (excludes halogenated alkanes) is 1. The van der Waals surface area contributed by atoms with Crippen molar-refractivity contribution in [1.29, 1.82) is 0 Å². The fraction of sp³-hybridized carbons (Fsp3) is 0.417. The molecule has 1 aromatic carbocycles. The van der Waals surface area contributed by atoms with Gasteiger partial charge in [0.05, 0.1) is 0 Å². The number of nitrogens with zero attached hydrogens (tertiary/aromatic N) is 3. The molecule has 2 aromatic rings. The van der Waals surface area contributed by atoms with Gasteiger partial charge in [-0.2, -0.15) is 0 Å². The van der Waals surface area contributed by atoms with Crippen molar-refractivity contribution in [3.8, 4) is 0 Å². The van der Waals surface area contributed by atoms with Gasteiger partial charge in [-0.05, 0) is 18.4 Å². The monoisotopic (exact) mass is 453 g/mol. The fourth-order valence-corrected chi connectivity index (χ4v) is 3.97. The van der Waals surface area contributed by atoms with E-state index in [2.05, 4.69) is 11.6 Å². The lowest BCUT2D eigenvalue weighted by molar-refractivity contribution is -0.118. The molecule has 0 unspecified atom stereocenters. The summed E-state index contributed by atoms with van der Waals surface area (Å²) < 4.78 is 1.29. The molecule has 1 aromatic heterocycles. The van der Waals surface area contributed by atoms with Crippen LogP contribution in [-0.4, -0.2) is 39.4 Å². The number of aromatic nitrogens is 2. The van der Waals surface area contributed by atoms with Gasteiger partial charge in [-0.3, -0.25) is 23.9 Å². The van der Waals surface area contributed by atoms with Gasteiger partial charge in [-0.1, -0.05) is 52.0 Å². The lowest BCUT2D eigenvalue weighted by Gasteiger charge is -2.27. The average molecular weight is 454 g/mol. The minimum Gasteiger partial charge on any atom is -0.383 e. The molecule has 0 atom stereocenters. The molecule has 0 radical (unpaired) electrons. The number of fused-ring (bicyclic) bond motifs is 1. The van der Waals surface area contributed by atoms with Gasteiger partial charge in [0.2, 0.25) is 5.91 Å². The SMILES string of the molecule is C=C1c2ccccc2C(=O)N1CCC(=O)N(CC(C)C)c1c(N)n(CCCC)c(=O)[nH]c1=O. The molecular weight excluding hydrogens is 422 g/mol. The van der Waals surface area contributed by atoms with Crippen molar-refractivity contribution in [3.05, 3.63) is 62.8 Å². The third-order valence-corrected chi connectivity index (χ3v) is 5.66. The van der Waals surface area contributed by atoms with Crippen LogP contribution < -0.4 is 21.9 Å². The van der Waals surface area contributed by atoms with E-state index in [-0.39, 0.29) is 48.7 Å². The smallest absolute Gasteiger partial charge is 0.330 e. The summed E-state index contributed by atoms with van der Waals surface area (Å²) in [5.41, 5.74) is 6.75. The first kappa shape index (κ1) is 24.0. The molecule has 0 spiro atoms. The van der Waals surface area contributed by atoms with Crippen molar-refractivity contribution >= 4 is 29.0 Å². The normalized spacial score (nSPS) is 13.0.